The van der Waals surface area contributed by atoms with E-state index in [4.69, 9.17) is 4.74 Å². The van der Waals surface area contributed by atoms with Gasteiger partial charge in [0.25, 0.3) is 0 Å². The van der Waals surface area contributed by atoms with Crippen LogP contribution in [0.3, 0.4) is 0 Å². The highest BCUT2D eigenvalue weighted by molar-refractivity contribution is 7.98. The van der Waals surface area contributed by atoms with Gasteiger partial charge in [-0.05, 0) is 30.5 Å². The second-order valence-electron chi connectivity index (χ2n) is 5.98. The Kier molecular flexibility index (Phi) is 4.34. The number of pyridine rings is 1. The monoisotopic (exact) mass is 355 g/mol. The number of nitrogens with zero attached hydrogens (tertiary/aromatic N) is 4. The second-order valence-corrected chi connectivity index (χ2v) is 6.92. The van der Waals surface area contributed by atoms with E-state index < -0.39 is 0 Å². The predicted octanol–water partition coefficient (Wildman–Crippen LogP) is 2.17. The summed E-state index contributed by atoms with van der Waals surface area (Å²) in [5.74, 6) is 0.570. The fourth-order valence-electron chi connectivity index (χ4n) is 3.12. The highest BCUT2D eigenvalue weighted by Crippen LogP contribution is 2.26. The molecule has 3 aromatic rings. The van der Waals surface area contributed by atoms with E-state index in [1.165, 1.54) is 11.8 Å². The van der Waals surface area contributed by atoms with E-state index in [9.17, 15) is 10.1 Å². The van der Waals surface area contributed by atoms with Gasteiger partial charge in [0.05, 0.1) is 23.7 Å². The standard InChI is InChI=1S/C17H17N5O2S/c18-8-14-12(9-21-6-2-1-5-15(14)21)11-25-17-20-19-16(23)22(17)10-13-4-3-7-24-13/h1-2,5-6,9,13H,3-4,7,10-11H2,(H,19,23)/t13-/m1/s1. The molecule has 0 aromatic carbocycles. The summed E-state index contributed by atoms with van der Waals surface area (Å²) in [4.78, 5) is 12.0. The zero-order valence-electron chi connectivity index (χ0n) is 13.5. The minimum atomic E-state index is -0.222. The van der Waals surface area contributed by atoms with Gasteiger partial charge in [-0.1, -0.05) is 17.8 Å². The lowest BCUT2D eigenvalue weighted by Gasteiger charge is -2.10. The van der Waals surface area contributed by atoms with E-state index in [0.717, 1.165) is 30.5 Å². The number of ether oxygens (including phenoxy) is 1. The number of rotatable bonds is 5. The van der Waals surface area contributed by atoms with Crippen molar-refractivity contribution in [2.45, 2.75) is 36.4 Å². The Balaban J connectivity index is 1.56. The van der Waals surface area contributed by atoms with Crippen molar-refractivity contribution >= 4 is 17.3 Å². The molecule has 0 saturated carbocycles. The third-order valence-electron chi connectivity index (χ3n) is 4.36. The lowest BCUT2D eigenvalue weighted by molar-refractivity contribution is 0.0941. The molecule has 25 heavy (non-hydrogen) atoms. The van der Waals surface area contributed by atoms with Gasteiger partial charge < -0.3 is 9.14 Å². The van der Waals surface area contributed by atoms with Gasteiger partial charge in [0.15, 0.2) is 5.16 Å². The maximum Gasteiger partial charge on any atom is 0.344 e. The highest BCUT2D eigenvalue weighted by Gasteiger charge is 2.20. The van der Waals surface area contributed by atoms with Crippen LogP contribution in [0.15, 0.2) is 40.5 Å². The van der Waals surface area contributed by atoms with Gasteiger partial charge in [-0.25, -0.2) is 9.89 Å². The zero-order chi connectivity index (χ0) is 17.2. The molecule has 8 heteroatoms. The summed E-state index contributed by atoms with van der Waals surface area (Å²) in [7, 11) is 0. The molecule has 3 aromatic heterocycles. The van der Waals surface area contributed by atoms with Crippen molar-refractivity contribution in [1.82, 2.24) is 19.2 Å². The van der Waals surface area contributed by atoms with Crippen LogP contribution in [0, 0.1) is 11.3 Å². The number of H-pyrrole nitrogens is 1. The molecular weight excluding hydrogens is 338 g/mol. The fraction of sp³-hybridized carbons (Fsp3) is 0.353. The van der Waals surface area contributed by atoms with Gasteiger partial charge in [0.1, 0.15) is 6.07 Å². The van der Waals surface area contributed by atoms with Crippen molar-refractivity contribution < 1.29 is 4.74 Å². The van der Waals surface area contributed by atoms with E-state index in [1.807, 2.05) is 35.0 Å². The van der Waals surface area contributed by atoms with Crippen molar-refractivity contribution in [3.05, 3.63) is 52.2 Å². The largest absolute Gasteiger partial charge is 0.376 e. The third kappa shape index (κ3) is 3.08. The SMILES string of the molecule is N#Cc1c(CSc2n[nH]c(=O)n2C[C@H]2CCCO2)cn2ccccc12. The lowest BCUT2D eigenvalue weighted by atomic mass is 10.2. The first-order chi connectivity index (χ1) is 12.3. The minimum Gasteiger partial charge on any atom is -0.376 e. The maximum absolute atomic E-state index is 12.0. The number of aromatic nitrogens is 4. The Morgan fingerprint density at radius 3 is 3.20 bits per heavy atom. The summed E-state index contributed by atoms with van der Waals surface area (Å²) < 4.78 is 9.19. The number of nitrogens with one attached hydrogen (secondary N) is 1. The smallest absolute Gasteiger partial charge is 0.344 e. The van der Waals surface area contributed by atoms with Gasteiger partial charge in [0.2, 0.25) is 0 Å². The van der Waals surface area contributed by atoms with Crippen molar-refractivity contribution in [2.75, 3.05) is 6.61 Å². The number of hydrogen-bond acceptors (Lipinski definition) is 5. The Labute approximate surface area is 148 Å². The second kappa shape index (κ2) is 6.78. The predicted molar refractivity (Wildman–Crippen MR) is 93.5 cm³/mol. The summed E-state index contributed by atoms with van der Waals surface area (Å²) in [5, 5.41) is 16.7. The van der Waals surface area contributed by atoms with Crippen molar-refractivity contribution in [3.63, 3.8) is 0 Å². The van der Waals surface area contributed by atoms with Crippen LogP contribution in [0.5, 0.6) is 0 Å². The lowest BCUT2D eigenvalue weighted by Crippen LogP contribution is -2.24. The molecule has 1 fully saturated rings. The molecule has 7 nitrogen and oxygen atoms in total. The molecule has 1 aliphatic heterocycles. The first kappa shape index (κ1) is 16.0. The topological polar surface area (TPSA) is 88.1 Å². The van der Waals surface area contributed by atoms with Crippen LogP contribution < -0.4 is 5.69 Å². The molecule has 1 saturated heterocycles. The first-order valence-corrected chi connectivity index (χ1v) is 9.13. The molecule has 0 aliphatic carbocycles. The van der Waals surface area contributed by atoms with Crippen LogP contribution in [-0.4, -0.2) is 31.9 Å². The summed E-state index contributed by atoms with van der Waals surface area (Å²) in [6, 6.07) is 8.05. The van der Waals surface area contributed by atoms with Gasteiger partial charge in [-0.15, -0.1) is 5.10 Å². The molecule has 0 unspecified atom stereocenters. The molecule has 0 bridgehead atoms. The highest BCUT2D eigenvalue weighted by atomic mass is 32.2. The molecule has 128 valence electrons. The van der Waals surface area contributed by atoms with Crippen molar-refractivity contribution in [1.29, 1.82) is 5.26 Å². The summed E-state index contributed by atoms with van der Waals surface area (Å²) in [6.45, 7) is 1.27. The molecule has 4 heterocycles. The van der Waals surface area contributed by atoms with Gasteiger partial charge >= 0.3 is 5.69 Å². The first-order valence-electron chi connectivity index (χ1n) is 8.14. The Morgan fingerprint density at radius 2 is 2.40 bits per heavy atom. The van der Waals surface area contributed by atoms with Gasteiger partial charge in [-0.2, -0.15) is 5.26 Å². The fourth-order valence-corrected chi connectivity index (χ4v) is 4.05. The van der Waals surface area contributed by atoms with E-state index in [2.05, 4.69) is 16.3 Å². The molecule has 0 radical (unpaired) electrons. The van der Waals surface area contributed by atoms with E-state index >= 15 is 0 Å². The Morgan fingerprint density at radius 1 is 1.48 bits per heavy atom. The molecule has 1 N–H and O–H groups in total. The summed E-state index contributed by atoms with van der Waals surface area (Å²) in [6.07, 6.45) is 5.94. The van der Waals surface area contributed by atoms with Crippen LogP contribution >= 0.6 is 11.8 Å². The average molecular weight is 355 g/mol. The molecule has 1 aliphatic rings. The van der Waals surface area contributed by atoms with E-state index in [1.54, 1.807) is 4.57 Å². The number of aromatic amines is 1. The maximum atomic E-state index is 12.0. The Hall–Kier alpha value is -2.50. The minimum absolute atomic E-state index is 0.0707. The molecular formula is C17H17N5O2S. The molecule has 0 spiro atoms. The molecule has 1 atom stereocenters. The quantitative estimate of drug-likeness (QED) is 0.709. The van der Waals surface area contributed by atoms with Crippen LogP contribution in [0.25, 0.3) is 5.52 Å². The van der Waals surface area contributed by atoms with Gasteiger partial charge in [-0.3, -0.25) is 4.57 Å². The number of fused-ring (bicyclic) bond motifs is 1. The van der Waals surface area contributed by atoms with Gasteiger partial charge in [0, 0.05) is 24.8 Å². The number of nitriles is 1. The average Bonchev–Trinajstić information content (AvgIpc) is 3.34. The zero-order valence-corrected chi connectivity index (χ0v) is 14.3. The molecule has 4 rings (SSSR count). The van der Waals surface area contributed by atoms with Crippen molar-refractivity contribution in [3.8, 4) is 6.07 Å². The molecule has 0 amide bonds. The number of hydrogen-bond donors (Lipinski definition) is 1. The van der Waals surface area contributed by atoms with Crippen LogP contribution in [0.4, 0.5) is 0 Å². The van der Waals surface area contributed by atoms with Crippen LogP contribution in [-0.2, 0) is 17.0 Å². The van der Waals surface area contributed by atoms with E-state index in [0.29, 0.717) is 23.0 Å². The number of thioether (sulfide) groups is 1. The summed E-state index contributed by atoms with van der Waals surface area (Å²) >= 11 is 1.45. The van der Waals surface area contributed by atoms with Crippen molar-refractivity contribution in [2.24, 2.45) is 0 Å². The summed E-state index contributed by atoms with van der Waals surface area (Å²) in [5.41, 5.74) is 2.26. The Bertz CT molecular complexity index is 991. The normalized spacial score (nSPS) is 17.2. The van der Waals surface area contributed by atoms with Crippen LogP contribution in [0.1, 0.15) is 24.0 Å². The van der Waals surface area contributed by atoms with E-state index in [-0.39, 0.29) is 11.8 Å². The van der Waals surface area contributed by atoms with Crippen LogP contribution in [0.2, 0.25) is 0 Å². The third-order valence-corrected chi connectivity index (χ3v) is 5.39.